The molecule has 1 aromatic carbocycles. The molecule has 1 heterocycles. The zero-order valence-electron chi connectivity index (χ0n) is 9.41. The van der Waals surface area contributed by atoms with Gasteiger partial charge in [-0.1, -0.05) is 17.7 Å². The van der Waals surface area contributed by atoms with E-state index in [0.29, 0.717) is 5.02 Å². The highest BCUT2D eigenvalue weighted by molar-refractivity contribution is 7.91. The molecule has 1 atom stereocenters. The second-order valence-electron chi connectivity index (χ2n) is 3.74. The first-order valence-electron chi connectivity index (χ1n) is 5.28. The van der Waals surface area contributed by atoms with E-state index >= 15 is 0 Å². The van der Waals surface area contributed by atoms with Gasteiger partial charge in [0.1, 0.15) is 5.25 Å². The van der Waals surface area contributed by atoms with Crippen LogP contribution in [0.25, 0.3) is 0 Å². The zero-order chi connectivity index (χ0) is 13.2. The van der Waals surface area contributed by atoms with Crippen molar-refractivity contribution in [2.24, 2.45) is 5.73 Å². The average molecular weight is 302 g/mol. The Bertz CT molecular complexity index is 606. The van der Waals surface area contributed by atoms with Crippen molar-refractivity contribution in [3.8, 4) is 0 Å². The van der Waals surface area contributed by atoms with Gasteiger partial charge < -0.3 is 5.73 Å². The van der Waals surface area contributed by atoms with Crippen LogP contribution in [0.5, 0.6) is 0 Å². The Morgan fingerprint density at radius 1 is 1.22 bits per heavy atom. The van der Waals surface area contributed by atoms with Crippen molar-refractivity contribution in [3.63, 3.8) is 0 Å². The number of rotatable bonds is 4. The highest BCUT2D eigenvalue weighted by atomic mass is 35.5. The van der Waals surface area contributed by atoms with E-state index in [4.69, 9.17) is 17.3 Å². The van der Waals surface area contributed by atoms with Crippen LogP contribution in [0.4, 0.5) is 0 Å². The van der Waals surface area contributed by atoms with Crippen molar-refractivity contribution < 1.29 is 8.42 Å². The predicted octanol–water partition coefficient (Wildman–Crippen LogP) is 2.88. The second kappa shape index (κ2) is 5.40. The van der Waals surface area contributed by atoms with E-state index in [9.17, 15) is 8.42 Å². The van der Waals surface area contributed by atoms with Crippen LogP contribution in [0, 0.1) is 0 Å². The first kappa shape index (κ1) is 13.5. The van der Waals surface area contributed by atoms with E-state index in [1.165, 1.54) is 23.5 Å². The lowest BCUT2D eigenvalue weighted by atomic mass is 10.3. The largest absolute Gasteiger partial charge is 0.329 e. The number of thiophene rings is 1. The van der Waals surface area contributed by atoms with Gasteiger partial charge in [-0.05, 0) is 35.7 Å². The molecular formula is C12H12ClNO2S2. The van der Waals surface area contributed by atoms with Gasteiger partial charge in [-0.3, -0.25) is 0 Å². The highest BCUT2D eigenvalue weighted by Crippen LogP contribution is 2.31. The monoisotopic (exact) mass is 301 g/mol. The van der Waals surface area contributed by atoms with Crippen LogP contribution < -0.4 is 5.73 Å². The fraction of sp³-hybridized carbons (Fsp3) is 0.167. The highest BCUT2D eigenvalue weighted by Gasteiger charge is 2.28. The van der Waals surface area contributed by atoms with Crippen molar-refractivity contribution >= 4 is 32.8 Å². The van der Waals surface area contributed by atoms with Crippen molar-refractivity contribution in [1.82, 2.24) is 0 Å². The fourth-order valence-corrected chi connectivity index (χ4v) is 4.53. The number of halogens is 1. The maximum Gasteiger partial charge on any atom is 0.187 e. The van der Waals surface area contributed by atoms with Crippen molar-refractivity contribution in [2.45, 2.75) is 10.1 Å². The molecule has 3 nitrogen and oxygen atoms in total. The summed E-state index contributed by atoms with van der Waals surface area (Å²) in [5, 5.41) is 1.66. The molecule has 96 valence electrons. The summed E-state index contributed by atoms with van der Waals surface area (Å²) in [6, 6.07) is 9.75. The van der Waals surface area contributed by atoms with Crippen molar-refractivity contribution in [2.75, 3.05) is 6.54 Å². The smallest absolute Gasteiger partial charge is 0.187 e. The summed E-state index contributed by atoms with van der Waals surface area (Å²) in [6.07, 6.45) is 0. The average Bonchev–Trinajstić information content (AvgIpc) is 2.84. The fourth-order valence-electron chi connectivity index (χ4n) is 1.66. The lowest BCUT2D eigenvalue weighted by molar-refractivity contribution is 0.583. The van der Waals surface area contributed by atoms with Gasteiger partial charge in [0.05, 0.1) is 4.90 Å². The molecule has 0 aliphatic carbocycles. The normalized spacial score (nSPS) is 13.4. The summed E-state index contributed by atoms with van der Waals surface area (Å²) < 4.78 is 24.9. The number of nitrogens with two attached hydrogens (primary N) is 1. The summed E-state index contributed by atoms with van der Waals surface area (Å²) in [5.41, 5.74) is 5.62. The van der Waals surface area contributed by atoms with Gasteiger partial charge in [-0.2, -0.15) is 0 Å². The molecule has 0 aliphatic heterocycles. The standard InChI is InChI=1S/C12H12ClNO2S2/c13-9-3-5-10(6-4-9)18(15,16)12(8-14)11-2-1-7-17-11/h1-7,12H,8,14H2/t12-/m1/s1. The first-order chi connectivity index (χ1) is 8.55. The molecule has 0 saturated heterocycles. The third kappa shape index (κ3) is 2.59. The minimum Gasteiger partial charge on any atom is -0.329 e. The SMILES string of the molecule is NC[C@H](c1cccs1)S(=O)(=O)c1ccc(Cl)cc1. The molecule has 1 aromatic heterocycles. The Hall–Kier alpha value is -0.880. The molecule has 0 unspecified atom stereocenters. The molecule has 0 aliphatic rings. The second-order valence-corrected chi connectivity index (χ2v) is 7.28. The summed E-state index contributed by atoms with van der Waals surface area (Å²) in [4.78, 5) is 1.00. The van der Waals surface area contributed by atoms with E-state index in [1.54, 1.807) is 18.2 Å². The maximum atomic E-state index is 12.5. The molecule has 0 saturated carbocycles. The van der Waals surface area contributed by atoms with Crippen LogP contribution >= 0.6 is 22.9 Å². The third-order valence-corrected chi connectivity index (χ3v) is 6.10. The molecule has 0 amide bonds. The molecule has 2 N–H and O–H groups in total. The van der Waals surface area contributed by atoms with Crippen molar-refractivity contribution in [1.29, 1.82) is 0 Å². The van der Waals surface area contributed by atoms with Gasteiger partial charge in [0, 0.05) is 16.4 Å². The van der Waals surface area contributed by atoms with Gasteiger partial charge in [0.2, 0.25) is 0 Å². The van der Waals surface area contributed by atoms with Gasteiger partial charge >= 0.3 is 0 Å². The summed E-state index contributed by atoms with van der Waals surface area (Å²) in [7, 11) is -3.46. The van der Waals surface area contributed by atoms with Crippen LogP contribution in [0.3, 0.4) is 0 Å². The number of hydrogen-bond donors (Lipinski definition) is 1. The maximum absolute atomic E-state index is 12.5. The van der Waals surface area contributed by atoms with Crippen LogP contribution in [0.1, 0.15) is 10.1 Å². The first-order valence-corrected chi connectivity index (χ1v) is 8.09. The van der Waals surface area contributed by atoms with Gasteiger partial charge in [0.15, 0.2) is 9.84 Å². The van der Waals surface area contributed by atoms with Gasteiger partial charge in [-0.25, -0.2) is 8.42 Å². The van der Waals surface area contributed by atoms with E-state index in [-0.39, 0.29) is 11.4 Å². The molecule has 0 spiro atoms. The topological polar surface area (TPSA) is 60.2 Å². The minimum atomic E-state index is -3.46. The van der Waals surface area contributed by atoms with E-state index in [1.807, 2.05) is 11.4 Å². The van der Waals surface area contributed by atoms with E-state index in [0.717, 1.165) is 4.88 Å². The molecule has 0 fully saturated rings. The summed E-state index contributed by atoms with van der Waals surface area (Å²) in [6.45, 7) is 0.0610. The molecule has 18 heavy (non-hydrogen) atoms. The Kier molecular flexibility index (Phi) is 4.07. The predicted molar refractivity (Wildman–Crippen MR) is 74.8 cm³/mol. The van der Waals surface area contributed by atoms with Crippen LogP contribution in [0.2, 0.25) is 5.02 Å². The number of benzene rings is 1. The lowest BCUT2D eigenvalue weighted by Gasteiger charge is -2.14. The quantitative estimate of drug-likeness (QED) is 0.944. The summed E-state index contributed by atoms with van der Waals surface area (Å²) >= 11 is 7.15. The van der Waals surface area contributed by atoms with Crippen LogP contribution in [-0.2, 0) is 9.84 Å². The molecule has 0 bridgehead atoms. The zero-order valence-corrected chi connectivity index (χ0v) is 11.8. The summed E-state index contributed by atoms with van der Waals surface area (Å²) in [5.74, 6) is 0. The molecule has 6 heteroatoms. The molecule has 2 rings (SSSR count). The van der Waals surface area contributed by atoms with E-state index in [2.05, 4.69) is 0 Å². The third-order valence-electron chi connectivity index (χ3n) is 2.59. The lowest BCUT2D eigenvalue weighted by Crippen LogP contribution is -2.21. The number of sulfone groups is 1. The van der Waals surface area contributed by atoms with Gasteiger partial charge in [0.25, 0.3) is 0 Å². The minimum absolute atomic E-state index is 0.0610. The van der Waals surface area contributed by atoms with E-state index < -0.39 is 15.1 Å². The van der Waals surface area contributed by atoms with Crippen LogP contribution in [0.15, 0.2) is 46.7 Å². The van der Waals surface area contributed by atoms with Gasteiger partial charge in [-0.15, -0.1) is 11.3 Å². The number of hydrogen-bond acceptors (Lipinski definition) is 4. The molecular weight excluding hydrogens is 290 g/mol. The van der Waals surface area contributed by atoms with Crippen molar-refractivity contribution in [3.05, 3.63) is 51.7 Å². The Morgan fingerprint density at radius 3 is 2.39 bits per heavy atom. The molecule has 0 radical (unpaired) electrons. The van der Waals surface area contributed by atoms with Crippen LogP contribution in [-0.4, -0.2) is 15.0 Å². The Labute approximate surface area is 115 Å². The Balaban J connectivity index is 2.44. The molecule has 2 aromatic rings. The Morgan fingerprint density at radius 2 is 1.89 bits per heavy atom.